The summed E-state index contributed by atoms with van der Waals surface area (Å²) < 4.78 is 13.5. The van der Waals surface area contributed by atoms with Gasteiger partial charge in [-0.2, -0.15) is 0 Å². The van der Waals surface area contributed by atoms with Gasteiger partial charge in [-0.05, 0) is 101 Å². The lowest BCUT2D eigenvalue weighted by atomic mass is 9.79. The summed E-state index contributed by atoms with van der Waals surface area (Å²) >= 11 is 0. The van der Waals surface area contributed by atoms with Gasteiger partial charge in [0.1, 0.15) is 23.0 Å². The van der Waals surface area contributed by atoms with Crippen LogP contribution in [0.3, 0.4) is 0 Å². The molecule has 54 heavy (non-hydrogen) atoms. The minimum Gasteiger partial charge on any atom is -0.507 e. The third kappa shape index (κ3) is 9.12. The Morgan fingerprint density at radius 2 is 0.593 bits per heavy atom. The number of phenols is 2. The van der Waals surface area contributed by atoms with Gasteiger partial charge in [0.15, 0.2) is 0 Å². The van der Waals surface area contributed by atoms with Crippen LogP contribution in [-0.4, -0.2) is 23.4 Å². The summed E-state index contributed by atoms with van der Waals surface area (Å²) in [7, 11) is 0. The molecule has 1 aliphatic carbocycles. The smallest absolute Gasteiger partial charge is 0.126 e. The van der Waals surface area contributed by atoms with Crippen molar-refractivity contribution in [2.24, 2.45) is 0 Å². The van der Waals surface area contributed by atoms with Crippen molar-refractivity contribution in [3.8, 4) is 23.0 Å². The third-order valence-electron chi connectivity index (χ3n) is 10.9. The van der Waals surface area contributed by atoms with Crippen LogP contribution in [0, 0.1) is 0 Å². The van der Waals surface area contributed by atoms with Crippen LogP contribution in [0.1, 0.15) is 177 Å². The summed E-state index contributed by atoms with van der Waals surface area (Å²) in [5.74, 6) is 2.38. The maximum atomic E-state index is 12.2. The molecule has 0 unspecified atom stereocenters. The van der Waals surface area contributed by atoms with Gasteiger partial charge in [0.2, 0.25) is 0 Å². The van der Waals surface area contributed by atoms with E-state index in [1.807, 2.05) is 0 Å². The van der Waals surface area contributed by atoms with Crippen LogP contribution in [0.25, 0.3) is 0 Å². The van der Waals surface area contributed by atoms with E-state index in [0.717, 1.165) is 80.0 Å². The summed E-state index contributed by atoms with van der Waals surface area (Å²) in [6.07, 6.45) is 3.85. The fourth-order valence-corrected chi connectivity index (χ4v) is 7.42. The molecule has 1 aliphatic rings. The van der Waals surface area contributed by atoms with Gasteiger partial charge in [0.05, 0.1) is 13.2 Å². The number of phenolic OH excluding ortho intramolecular Hbond substituents is 2. The van der Waals surface area contributed by atoms with E-state index in [0.29, 0.717) is 38.9 Å². The Balaban J connectivity index is 1.95. The Bertz CT molecular complexity index is 1840. The number of hydrogen-bond donors (Lipinski definition) is 2. The second-order valence-corrected chi connectivity index (χ2v) is 19.9. The van der Waals surface area contributed by atoms with Gasteiger partial charge in [0, 0.05) is 25.7 Å². The minimum atomic E-state index is -0.152. The van der Waals surface area contributed by atoms with Crippen LogP contribution in [0.15, 0.2) is 48.5 Å². The fraction of sp³-hybridized carbons (Fsp3) is 0.520. The van der Waals surface area contributed by atoms with Crippen molar-refractivity contribution in [3.05, 3.63) is 115 Å². The number of hydrogen-bond acceptors (Lipinski definition) is 4. The van der Waals surface area contributed by atoms with Gasteiger partial charge in [-0.3, -0.25) is 0 Å². The first-order valence-electron chi connectivity index (χ1n) is 20.3. The molecule has 4 heteroatoms. The molecule has 4 aromatic carbocycles. The second kappa shape index (κ2) is 15.3. The molecule has 0 amide bonds. The molecular weight excluding hydrogens is 665 g/mol. The summed E-state index contributed by atoms with van der Waals surface area (Å²) in [5, 5.41) is 24.4. The number of aromatic hydroxyl groups is 2. The predicted molar refractivity (Wildman–Crippen MR) is 227 cm³/mol. The van der Waals surface area contributed by atoms with Crippen LogP contribution >= 0.6 is 0 Å². The number of benzene rings is 4. The molecule has 0 aliphatic heterocycles. The SMILES string of the molecule is CCCOc1c2cc(C(C)(C)C)cc1Cc1cc(C(C)(C)C)cc(c1OCCC)Cc1cc(C(C)(C)C)cc(c1O)Cc1cc(C(C)(C)C)cc(c1O)C2. The molecule has 0 fully saturated rings. The molecule has 0 aromatic heterocycles. The molecule has 0 heterocycles. The monoisotopic (exact) mass is 733 g/mol. The van der Waals surface area contributed by atoms with Crippen LogP contribution in [-0.2, 0) is 47.3 Å². The van der Waals surface area contributed by atoms with Crippen molar-refractivity contribution in [1.29, 1.82) is 0 Å². The van der Waals surface area contributed by atoms with Crippen LogP contribution < -0.4 is 9.47 Å². The Labute approximate surface area is 327 Å². The normalized spacial score (nSPS) is 13.9. The van der Waals surface area contributed by atoms with E-state index in [4.69, 9.17) is 9.47 Å². The third-order valence-corrected chi connectivity index (χ3v) is 10.9. The van der Waals surface area contributed by atoms with Gasteiger partial charge >= 0.3 is 0 Å². The Hall–Kier alpha value is -3.92. The van der Waals surface area contributed by atoms with E-state index >= 15 is 0 Å². The van der Waals surface area contributed by atoms with Crippen molar-refractivity contribution in [3.63, 3.8) is 0 Å². The van der Waals surface area contributed by atoms with Crippen LogP contribution in [0.2, 0.25) is 0 Å². The highest BCUT2D eigenvalue weighted by Gasteiger charge is 2.28. The van der Waals surface area contributed by atoms with Gasteiger partial charge in [-0.15, -0.1) is 0 Å². The van der Waals surface area contributed by atoms with E-state index in [2.05, 4.69) is 145 Å². The summed E-state index contributed by atoms with van der Waals surface area (Å²) in [5.41, 5.74) is 12.1. The van der Waals surface area contributed by atoms with Gasteiger partial charge in [-0.25, -0.2) is 0 Å². The van der Waals surface area contributed by atoms with Crippen molar-refractivity contribution in [2.75, 3.05) is 13.2 Å². The first-order chi connectivity index (χ1) is 25.0. The summed E-state index contributed by atoms with van der Waals surface area (Å²) in [6.45, 7) is 32.5. The molecule has 0 spiro atoms. The quantitative estimate of drug-likeness (QED) is 0.182. The van der Waals surface area contributed by atoms with E-state index in [1.165, 1.54) is 11.1 Å². The lowest BCUT2D eigenvalue weighted by Gasteiger charge is -2.28. The fourth-order valence-electron chi connectivity index (χ4n) is 7.42. The molecule has 0 radical (unpaired) electrons. The van der Waals surface area contributed by atoms with Crippen molar-refractivity contribution >= 4 is 0 Å². The van der Waals surface area contributed by atoms with E-state index in [9.17, 15) is 10.2 Å². The largest absolute Gasteiger partial charge is 0.507 e. The predicted octanol–water partition coefficient (Wildman–Crippen LogP) is 12.5. The van der Waals surface area contributed by atoms with Gasteiger partial charge in [0.25, 0.3) is 0 Å². The molecule has 0 atom stereocenters. The highest BCUT2D eigenvalue weighted by Crippen LogP contribution is 2.43. The highest BCUT2D eigenvalue weighted by atomic mass is 16.5. The van der Waals surface area contributed by atoms with Crippen molar-refractivity contribution < 1.29 is 19.7 Å². The molecule has 0 saturated heterocycles. The molecule has 2 N–H and O–H groups in total. The average Bonchev–Trinajstić information content (AvgIpc) is 3.04. The minimum absolute atomic E-state index is 0.112. The van der Waals surface area contributed by atoms with Gasteiger partial charge < -0.3 is 19.7 Å². The van der Waals surface area contributed by atoms with Gasteiger partial charge in [-0.1, -0.05) is 145 Å². The molecule has 292 valence electrons. The van der Waals surface area contributed by atoms with Crippen molar-refractivity contribution in [1.82, 2.24) is 0 Å². The van der Waals surface area contributed by atoms with E-state index < -0.39 is 0 Å². The lowest BCUT2D eigenvalue weighted by molar-refractivity contribution is 0.307. The standard InChI is InChI=1S/C50H68O4/c1-15-17-53-45-35-20-33-25-39(47(3,4)5)23-31(43(33)51)19-32-24-40(48(6,7)8)26-34(44(32)52)21-36-28-42(50(12,13)14)30-38(46(36)54-18-16-2)22-37(45)29-41(27-35)49(9,10)11/h23-30,51-52H,15-22H2,1-14H3. The zero-order valence-electron chi connectivity index (χ0n) is 36.0. The van der Waals surface area contributed by atoms with Crippen LogP contribution in [0.4, 0.5) is 0 Å². The number of rotatable bonds is 6. The first-order valence-corrected chi connectivity index (χ1v) is 20.3. The molecule has 4 aromatic rings. The van der Waals surface area contributed by atoms with E-state index in [-0.39, 0.29) is 33.2 Å². The van der Waals surface area contributed by atoms with E-state index in [1.54, 1.807) is 0 Å². The summed E-state index contributed by atoms with van der Waals surface area (Å²) in [6, 6.07) is 17.9. The molecular formula is C50H68O4. The Morgan fingerprint density at radius 1 is 0.389 bits per heavy atom. The number of fused-ring (bicyclic) bond motifs is 8. The Kier molecular flexibility index (Phi) is 11.7. The zero-order valence-corrected chi connectivity index (χ0v) is 36.0. The number of ether oxygens (including phenoxy) is 2. The maximum absolute atomic E-state index is 12.2. The average molecular weight is 733 g/mol. The summed E-state index contributed by atoms with van der Waals surface area (Å²) in [4.78, 5) is 0. The second-order valence-electron chi connectivity index (χ2n) is 19.9. The zero-order chi connectivity index (χ0) is 40.0. The topological polar surface area (TPSA) is 58.9 Å². The lowest BCUT2D eigenvalue weighted by Crippen LogP contribution is -2.17. The maximum Gasteiger partial charge on any atom is 0.126 e. The highest BCUT2D eigenvalue weighted by molar-refractivity contribution is 5.59. The first kappa shape index (κ1) is 41.2. The molecule has 0 saturated carbocycles. The van der Waals surface area contributed by atoms with Crippen molar-refractivity contribution in [2.45, 2.75) is 157 Å². The molecule has 8 bridgehead atoms. The molecule has 5 rings (SSSR count). The molecule has 4 nitrogen and oxygen atoms in total. The van der Waals surface area contributed by atoms with Crippen LogP contribution in [0.5, 0.6) is 23.0 Å². The Morgan fingerprint density at radius 3 is 0.815 bits per heavy atom.